The van der Waals surface area contributed by atoms with Gasteiger partial charge in [0.2, 0.25) is 5.91 Å². The summed E-state index contributed by atoms with van der Waals surface area (Å²) in [6, 6.07) is 2.66. The normalized spacial score (nSPS) is 10.3. The molecule has 0 aliphatic carbocycles. The van der Waals surface area contributed by atoms with Gasteiger partial charge in [0.15, 0.2) is 5.13 Å². The molecule has 0 aliphatic rings. The van der Waals surface area contributed by atoms with E-state index in [9.17, 15) is 14.4 Å². The molecule has 0 radical (unpaired) electrons. The zero-order valence-electron chi connectivity index (χ0n) is 12.1. The number of carbonyl (C=O) groups excluding carboxylic acids is 2. The van der Waals surface area contributed by atoms with Crippen molar-refractivity contribution in [2.45, 2.75) is 19.9 Å². The predicted molar refractivity (Wildman–Crippen MR) is 82.0 cm³/mol. The van der Waals surface area contributed by atoms with E-state index in [0.717, 1.165) is 0 Å². The Bertz CT molecular complexity index is 752. The third-order valence-electron chi connectivity index (χ3n) is 2.79. The van der Waals surface area contributed by atoms with Crippen LogP contribution in [0.1, 0.15) is 23.1 Å². The molecular weight excluding hydrogens is 306 g/mol. The van der Waals surface area contributed by atoms with E-state index in [1.807, 2.05) is 0 Å². The Hall–Kier alpha value is -2.55. The summed E-state index contributed by atoms with van der Waals surface area (Å²) in [5.41, 5.74) is 0.441. The molecule has 0 fully saturated rings. The highest BCUT2D eigenvalue weighted by atomic mass is 32.1. The van der Waals surface area contributed by atoms with Gasteiger partial charge in [0.05, 0.1) is 12.1 Å². The molecule has 0 atom stereocenters. The van der Waals surface area contributed by atoms with E-state index in [1.54, 1.807) is 19.4 Å². The highest BCUT2D eigenvalue weighted by Crippen LogP contribution is 2.16. The molecule has 8 nitrogen and oxygen atoms in total. The summed E-state index contributed by atoms with van der Waals surface area (Å²) in [4.78, 5) is 38.9. The summed E-state index contributed by atoms with van der Waals surface area (Å²) in [5.74, 6) is -0.608. The lowest BCUT2D eigenvalue weighted by Crippen LogP contribution is -2.25. The molecule has 2 aromatic rings. The molecule has 2 amide bonds. The van der Waals surface area contributed by atoms with Gasteiger partial charge in [-0.05, 0) is 13.0 Å². The minimum absolute atomic E-state index is 0.129. The van der Waals surface area contributed by atoms with Crippen molar-refractivity contribution in [3.63, 3.8) is 0 Å². The third-order valence-corrected chi connectivity index (χ3v) is 3.60. The van der Waals surface area contributed by atoms with Crippen LogP contribution in [0.3, 0.4) is 0 Å². The molecule has 116 valence electrons. The molecule has 2 heterocycles. The number of likely N-dealkylation sites (N-methyl/N-ethyl adjacent to an activating group) is 1. The van der Waals surface area contributed by atoms with Crippen molar-refractivity contribution in [3.05, 3.63) is 39.3 Å². The summed E-state index contributed by atoms with van der Waals surface area (Å²) in [6.45, 7) is 2.15. The Morgan fingerprint density at radius 3 is 2.82 bits per heavy atom. The number of nitrogens with zero attached hydrogens (tertiary/aromatic N) is 3. The van der Waals surface area contributed by atoms with Gasteiger partial charge in [-0.3, -0.25) is 19.7 Å². The van der Waals surface area contributed by atoms with Gasteiger partial charge < -0.3 is 5.32 Å². The van der Waals surface area contributed by atoms with Crippen LogP contribution < -0.4 is 16.2 Å². The number of rotatable bonds is 5. The number of anilines is 1. The molecule has 0 aliphatic heterocycles. The SMILES string of the molecule is CCn1nc(C(=O)Nc2nc(CC(=O)NC)cs2)ccc1=O. The lowest BCUT2D eigenvalue weighted by Gasteiger charge is -2.04. The van der Waals surface area contributed by atoms with Crippen LogP contribution in [-0.2, 0) is 17.8 Å². The van der Waals surface area contributed by atoms with Gasteiger partial charge in [0.25, 0.3) is 11.5 Å². The molecule has 9 heteroatoms. The molecule has 2 aromatic heterocycles. The second-order valence-corrected chi connectivity index (χ2v) is 5.18. The zero-order chi connectivity index (χ0) is 16.1. The smallest absolute Gasteiger partial charge is 0.277 e. The molecule has 0 spiro atoms. The summed E-state index contributed by atoms with van der Waals surface area (Å²) >= 11 is 1.22. The van der Waals surface area contributed by atoms with Crippen LogP contribution in [0.15, 0.2) is 22.3 Å². The minimum Gasteiger partial charge on any atom is -0.359 e. The zero-order valence-corrected chi connectivity index (χ0v) is 12.9. The average molecular weight is 321 g/mol. The Morgan fingerprint density at radius 1 is 1.36 bits per heavy atom. The largest absolute Gasteiger partial charge is 0.359 e. The van der Waals surface area contributed by atoms with E-state index in [0.29, 0.717) is 17.4 Å². The van der Waals surface area contributed by atoms with Gasteiger partial charge in [-0.1, -0.05) is 0 Å². The van der Waals surface area contributed by atoms with Crippen LogP contribution >= 0.6 is 11.3 Å². The fourth-order valence-electron chi connectivity index (χ4n) is 1.66. The van der Waals surface area contributed by atoms with Crippen LogP contribution in [0.5, 0.6) is 0 Å². The van der Waals surface area contributed by atoms with Crippen LogP contribution in [0.25, 0.3) is 0 Å². The van der Waals surface area contributed by atoms with Gasteiger partial charge in [-0.2, -0.15) is 5.10 Å². The summed E-state index contributed by atoms with van der Waals surface area (Å²) in [6.07, 6.45) is 0.155. The molecule has 0 bridgehead atoms. The highest BCUT2D eigenvalue weighted by Gasteiger charge is 2.12. The average Bonchev–Trinajstić information content (AvgIpc) is 2.94. The van der Waals surface area contributed by atoms with Gasteiger partial charge in [0, 0.05) is 25.0 Å². The number of amides is 2. The van der Waals surface area contributed by atoms with Crippen LogP contribution in [0, 0.1) is 0 Å². The van der Waals surface area contributed by atoms with Crippen molar-refractivity contribution in [3.8, 4) is 0 Å². The summed E-state index contributed by atoms with van der Waals surface area (Å²) < 4.78 is 1.20. The second kappa shape index (κ2) is 6.94. The Kier molecular flexibility index (Phi) is 4.99. The van der Waals surface area contributed by atoms with E-state index in [2.05, 4.69) is 20.7 Å². The van der Waals surface area contributed by atoms with E-state index >= 15 is 0 Å². The molecule has 2 N–H and O–H groups in total. The number of aryl methyl sites for hydroxylation is 1. The van der Waals surface area contributed by atoms with Crippen LogP contribution in [0.4, 0.5) is 5.13 Å². The topological polar surface area (TPSA) is 106 Å². The number of carbonyl (C=O) groups is 2. The summed E-state index contributed by atoms with van der Waals surface area (Å²) in [5, 5.41) is 11.1. The molecular formula is C13H15N5O3S. The highest BCUT2D eigenvalue weighted by molar-refractivity contribution is 7.14. The van der Waals surface area contributed by atoms with E-state index < -0.39 is 5.91 Å². The number of aromatic nitrogens is 3. The Balaban J connectivity index is 2.09. The van der Waals surface area contributed by atoms with Gasteiger partial charge >= 0.3 is 0 Å². The van der Waals surface area contributed by atoms with Crippen molar-refractivity contribution in [2.75, 3.05) is 12.4 Å². The monoisotopic (exact) mass is 321 g/mol. The number of nitrogens with one attached hydrogen (secondary N) is 2. The van der Waals surface area contributed by atoms with Crippen LogP contribution in [-0.4, -0.2) is 33.6 Å². The fourth-order valence-corrected chi connectivity index (χ4v) is 2.36. The maximum Gasteiger partial charge on any atom is 0.277 e. The Morgan fingerprint density at radius 2 is 2.14 bits per heavy atom. The minimum atomic E-state index is -0.456. The van der Waals surface area contributed by atoms with E-state index in [-0.39, 0.29) is 23.6 Å². The molecule has 22 heavy (non-hydrogen) atoms. The first-order valence-electron chi connectivity index (χ1n) is 6.58. The quantitative estimate of drug-likeness (QED) is 0.821. The van der Waals surface area contributed by atoms with Crippen molar-refractivity contribution >= 4 is 28.3 Å². The maximum atomic E-state index is 12.1. The number of thiazole rings is 1. The van der Waals surface area contributed by atoms with Crippen molar-refractivity contribution in [1.82, 2.24) is 20.1 Å². The number of hydrogen-bond acceptors (Lipinski definition) is 6. The molecule has 0 saturated carbocycles. The van der Waals surface area contributed by atoms with Crippen molar-refractivity contribution < 1.29 is 9.59 Å². The standard InChI is InChI=1S/C13H15N5O3S/c1-3-18-11(20)5-4-9(17-18)12(21)16-13-15-8(7-22-13)6-10(19)14-2/h4-5,7H,3,6H2,1-2H3,(H,14,19)(H,15,16,21). The predicted octanol–water partition coefficient (Wildman–Crippen LogP) is 0.260. The fraction of sp³-hybridized carbons (Fsp3) is 0.308. The second-order valence-electron chi connectivity index (χ2n) is 4.32. The van der Waals surface area contributed by atoms with Crippen LogP contribution in [0.2, 0.25) is 0 Å². The maximum absolute atomic E-state index is 12.1. The lowest BCUT2D eigenvalue weighted by atomic mass is 10.3. The lowest BCUT2D eigenvalue weighted by molar-refractivity contribution is -0.120. The number of hydrogen-bond donors (Lipinski definition) is 2. The molecule has 0 unspecified atom stereocenters. The third kappa shape index (κ3) is 3.76. The molecule has 0 aromatic carbocycles. The molecule has 0 saturated heterocycles. The van der Waals surface area contributed by atoms with E-state index in [4.69, 9.17) is 0 Å². The van der Waals surface area contributed by atoms with Gasteiger partial charge in [-0.15, -0.1) is 11.3 Å². The van der Waals surface area contributed by atoms with Gasteiger partial charge in [-0.25, -0.2) is 9.67 Å². The first kappa shape index (κ1) is 15.8. The van der Waals surface area contributed by atoms with E-state index in [1.165, 1.54) is 28.2 Å². The first-order chi connectivity index (χ1) is 10.5. The molecule has 2 rings (SSSR count). The first-order valence-corrected chi connectivity index (χ1v) is 7.46. The van der Waals surface area contributed by atoms with Crippen molar-refractivity contribution in [1.29, 1.82) is 0 Å². The summed E-state index contributed by atoms with van der Waals surface area (Å²) in [7, 11) is 1.55. The van der Waals surface area contributed by atoms with Gasteiger partial charge in [0.1, 0.15) is 5.69 Å². The Labute approximate surface area is 130 Å². The van der Waals surface area contributed by atoms with Crippen molar-refractivity contribution in [2.24, 2.45) is 0 Å².